The van der Waals surface area contributed by atoms with Crippen LogP contribution in [-0.4, -0.2) is 33.8 Å². The van der Waals surface area contributed by atoms with Crippen LogP contribution in [0.2, 0.25) is 0 Å². The molecule has 2 unspecified atom stereocenters. The predicted molar refractivity (Wildman–Crippen MR) is 81.9 cm³/mol. The topological polar surface area (TPSA) is 106 Å². The molecule has 7 nitrogen and oxygen atoms in total. The van der Waals surface area contributed by atoms with Gasteiger partial charge >= 0.3 is 0 Å². The zero-order valence-corrected chi connectivity index (χ0v) is 12.4. The number of anilines is 1. The number of carbonyl (C=O) groups is 1. The van der Waals surface area contributed by atoms with E-state index in [1.54, 1.807) is 0 Å². The lowest BCUT2D eigenvalue weighted by atomic mass is 10.2. The fourth-order valence-corrected chi connectivity index (χ4v) is 2.30. The monoisotopic (exact) mass is 301 g/mol. The Bertz CT molecular complexity index is 652. The second kappa shape index (κ2) is 6.25. The number of aromatic nitrogens is 3. The lowest BCUT2D eigenvalue weighted by Crippen LogP contribution is -2.16. The van der Waals surface area contributed by atoms with Gasteiger partial charge in [-0.25, -0.2) is 4.98 Å². The number of hydrogen-bond donors (Lipinski definition) is 3. The van der Waals surface area contributed by atoms with Crippen molar-refractivity contribution >= 4 is 11.6 Å². The number of aromatic amines is 1. The second-order valence-corrected chi connectivity index (χ2v) is 5.21. The highest BCUT2D eigenvalue weighted by molar-refractivity contribution is 5.95. The van der Waals surface area contributed by atoms with Gasteiger partial charge in [0, 0.05) is 17.9 Å². The van der Waals surface area contributed by atoms with Gasteiger partial charge in [0.2, 0.25) is 5.91 Å². The van der Waals surface area contributed by atoms with Crippen LogP contribution in [0.5, 0.6) is 0 Å². The smallest absolute Gasteiger partial charge is 0.230 e. The number of nitrogens with zero attached hydrogens (tertiary/aromatic N) is 2. The third kappa shape index (κ3) is 3.15. The molecule has 0 bridgehead atoms. The molecule has 1 aromatic heterocycles. The van der Waals surface area contributed by atoms with Gasteiger partial charge in [0.15, 0.2) is 5.82 Å². The van der Waals surface area contributed by atoms with E-state index in [0.717, 1.165) is 17.7 Å². The Morgan fingerprint density at radius 1 is 1.45 bits per heavy atom. The highest BCUT2D eigenvalue weighted by atomic mass is 16.5. The molecule has 1 fully saturated rings. The van der Waals surface area contributed by atoms with Crippen LogP contribution >= 0.6 is 0 Å². The van der Waals surface area contributed by atoms with Crippen molar-refractivity contribution in [2.75, 3.05) is 11.9 Å². The van der Waals surface area contributed by atoms with Gasteiger partial charge in [-0.05, 0) is 37.6 Å². The van der Waals surface area contributed by atoms with Gasteiger partial charge in [-0.15, -0.1) is 0 Å². The van der Waals surface area contributed by atoms with Crippen LogP contribution in [0.1, 0.15) is 19.2 Å². The molecule has 0 radical (unpaired) electrons. The number of hydrogen-bond acceptors (Lipinski definition) is 5. The van der Waals surface area contributed by atoms with Crippen molar-refractivity contribution in [2.24, 2.45) is 11.7 Å². The van der Waals surface area contributed by atoms with Crippen molar-refractivity contribution in [3.63, 3.8) is 0 Å². The molecular weight excluding hydrogens is 282 g/mol. The fourth-order valence-electron chi connectivity index (χ4n) is 2.30. The minimum absolute atomic E-state index is 0.00881. The summed E-state index contributed by atoms with van der Waals surface area (Å²) in [6.07, 6.45) is 0.879. The van der Waals surface area contributed by atoms with Crippen molar-refractivity contribution in [1.82, 2.24) is 15.2 Å². The first kappa shape index (κ1) is 14.7. The number of H-pyrrole nitrogens is 1. The number of rotatable bonds is 6. The minimum Gasteiger partial charge on any atom is -0.378 e. The largest absolute Gasteiger partial charge is 0.378 e. The summed E-state index contributed by atoms with van der Waals surface area (Å²) in [5, 5.41) is 9.77. The van der Waals surface area contributed by atoms with E-state index < -0.39 is 0 Å². The molecule has 1 saturated carbocycles. The van der Waals surface area contributed by atoms with E-state index in [1.165, 1.54) is 0 Å². The van der Waals surface area contributed by atoms with Crippen LogP contribution < -0.4 is 11.1 Å². The molecule has 2 aromatic rings. The molecule has 3 rings (SSSR count). The lowest BCUT2D eigenvalue weighted by molar-refractivity contribution is -0.118. The average Bonchev–Trinajstić information content (AvgIpc) is 3.14. The van der Waals surface area contributed by atoms with Gasteiger partial charge in [0.05, 0.1) is 18.6 Å². The van der Waals surface area contributed by atoms with Crippen LogP contribution in [-0.2, 0) is 16.1 Å². The van der Waals surface area contributed by atoms with Gasteiger partial charge in [0.1, 0.15) is 5.82 Å². The molecule has 1 aliphatic rings. The van der Waals surface area contributed by atoms with E-state index in [1.807, 2.05) is 31.2 Å². The molecular formula is C15H19N5O2. The molecule has 4 N–H and O–H groups in total. The zero-order valence-electron chi connectivity index (χ0n) is 12.4. The van der Waals surface area contributed by atoms with Gasteiger partial charge in [0.25, 0.3) is 0 Å². The fraction of sp³-hybridized carbons (Fsp3) is 0.400. The van der Waals surface area contributed by atoms with Crippen LogP contribution in [0.15, 0.2) is 24.3 Å². The summed E-state index contributed by atoms with van der Waals surface area (Å²) in [6, 6.07) is 7.41. The SMILES string of the molecule is CCOC1CC1C(=O)Nc1ccc(-c2n[nH]c(CN)n2)cc1. The molecule has 1 heterocycles. The quantitative estimate of drug-likeness (QED) is 0.745. The van der Waals surface area contributed by atoms with Crippen molar-refractivity contribution in [3.05, 3.63) is 30.1 Å². The molecule has 1 amide bonds. The molecule has 116 valence electrons. The number of nitrogens with two attached hydrogens (primary N) is 1. The van der Waals surface area contributed by atoms with E-state index in [2.05, 4.69) is 20.5 Å². The Morgan fingerprint density at radius 3 is 2.86 bits per heavy atom. The molecule has 1 aliphatic carbocycles. The first-order chi connectivity index (χ1) is 10.7. The van der Waals surface area contributed by atoms with Crippen molar-refractivity contribution < 1.29 is 9.53 Å². The summed E-state index contributed by atoms with van der Waals surface area (Å²) in [6.45, 7) is 2.90. The minimum atomic E-state index is -0.0280. The van der Waals surface area contributed by atoms with Gasteiger partial charge in [-0.1, -0.05) is 0 Å². The standard InChI is InChI=1S/C15H19N5O2/c1-2-22-12-7-11(12)15(21)17-10-5-3-9(4-6-10)14-18-13(8-16)19-20-14/h3-6,11-12H,2,7-8,16H2,1H3,(H,17,21)(H,18,19,20). The summed E-state index contributed by atoms with van der Waals surface area (Å²) < 4.78 is 5.42. The number of carbonyl (C=O) groups excluding carboxylic acids is 1. The average molecular weight is 301 g/mol. The Hall–Kier alpha value is -2.25. The van der Waals surface area contributed by atoms with E-state index in [4.69, 9.17) is 10.5 Å². The normalized spacial score (nSPS) is 19.9. The Morgan fingerprint density at radius 2 is 2.23 bits per heavy atom. The molecule has 0 saturated heterocycles. The summed E-state index contributed by atoms with van der Waals surface area (Å²) in [5.74, 6) is 1.22. The van der Waals surface area contributed by atoms with Crippen LogP contribution in [0.25, 0.3) is 11.4 Å². The Labute approximate surface area is 128 Å². The molecule has 1 aromatic carbocycles. The van der Waals surface area contributed by atoms with E-state index in [0.29, 0.717) is 24.8 Å². The Balaban J connectivity index is 1.61. The second-order valence-electron chi connectivity index (χ2n) is 5.21. The molecule has 7 heteroatoms. The summed E-state index contributed by atoms with van der Waals surface area (Å²) in [4.78, 5) is 16.3. The number of ether oxygens (including phenoxy) is 1. The maximum atomic E-state index is 12.0. The third-order valence-electron chi connectivity index (χ3n) is 3.59. The van der Waals surface area contributed by atoms with E-state index in [9.17, 15) is 4.79 Å². The summed E-state index contributed by atoms with van der Waals surface area (Å²) >= 11 is 0. The van der Waals surface area contributed by atoms with Crippen molar-refractivity contribution in [2.45, 2.75) is 26.0 Å². The Kier molecular flexibility index (Phi) is 4.17. The van der Waals surface area contributed by atoms with E-state index in [-0.39, 0.29) is 17.9 Å². The summed E-state index contributed by atoms with van der Waals surface area (Å²) in [5.41, 5.74) is 7.12. The first-order valence-electron chi connectivity index (χ1n) is 7.35. The van der Waals surface area contributed by atoms with E-state index >= 15 is 0 Å². The van der Waals surface area contributed by atoms with Crippen LogP contribution in [0, 0.1) is 5.92 Å². The number of benzene rings is 1. The van der Waals surface area contributed by atoms with Crippen LogP contribution in [0.3, 0.4) is 0 Å². The van der Waals surface area contributed by atoms with Gasteiger partial charge < -0.3 is 15.8 Å². The predicted octanol–water partition coefficient (Wildman–Crippen LogP) is 1.29. The first-order valence-corrected chi connectivity index (χ1v) is 7.35. The number of nitrogens with one attached hydrogen (secondary N) is 2. The molecule has 2 atom stereocenters. The van der Waals surface area contributed by atoms with Crippen LogP contribution in [0.4, 0.5) is 5.69 Å². The van der Waals surface area contributed by atoms with Crippen molar-refractivity contribution in [3.8, 4) is 11.4 Å². The lowest BCUT2D eigenvalue weighted by Gasteiger charge is -2.05. The molecule has 22 heavy (non-hydrogen) atoms. The highest BCUT2D eigenvalue weighted by Crippen LogP contribution is 2.34. The number of amides is 1. The molecule has 0 spiro atoms. The maximum Gasteiger partial charge on any atom is 0.230 e. The highest BCUT2D eigenvalue weighted by Gasteiger charge is 2.43. The zero-order chi connectivity index (χ0) is 15.5. The van der Waals surface area contributed by atoms with Gasteiger partial charge in [-0.2, -0.15) is 5.10 Å². The maximum absolute atomic E-state index is 12.0. The summed E-state index contributed by atoms with van der Waals surface area (Å²) in [7, 11) is 0. The van der Waals surface area contributed by atoms with Gasteiger partial charge in [-0.3, -0.25) is 9.89 Å². The van der Waals surface area contributed by atoms with Crippen molar-refractivity contribution in [1.29, 1.82) is 0 Å². The third-order valence-corrected chi connectivity index (χ3v) is 3.59. The molecule has 0 aliphatic heterocycles.